The normalized spacial score (nSPS) is 14.4. The molecule has 0 bridgehead atoms. The summed E-state index contributed by atoms with van der Waals surface area (Å²) in [6.07, 6.45) is 0.329. The van der Waals surface area contributed by atoms with Crippen LogP contribution in [-0.2, 0) is 15.6 Å². The first kappa shape index (κ1) is 33.3. The van der Waals surface area contributed by atoms with Crippen molar-refractivity contribution in [2.45, 2.75) is 23.2 Å². The molecule has 47 heavy (non-hydrogen) atoms. The topological polar surface area (TPSA) is 112 Å². The number of carbonyl (C=O) groups is 2. The van der Waals surface area contributed by atoms with Crippen molar-refractivity contribution in [1.29, 1.82) is 0 Å². The van der Waals surface area contributed by atoms with Gasteiger partial charge in [0.15, 0.2) is 9.84 Å². The predicted octanol–water partition coefficient (Wildman–Crippen LogP) is 5.35. The van der Waals surface area contributed by atoms with E-state index in [9.17, 15) is 18.0 Å². The molecule has 5 rings (SSSR count). The van der Waals surface area contributed by atoms with E-state index in [1.807, 2.05) is 6.07 Å². The van der Waals surface area contributed by atoms with Crippen LogP contribution in [0.1, 0.15) is 32.7 Å². The lowest BCUT2D eigenvalue weighted by Gasteiger charge is -2.20. The average molecular weight is 659 g/mol. The Labute approximate surface area is 275 Å². The van der Waals surface area contributed by atoms with Crippen molar-refractivity contribution >= 4 is 21.7 Å². The van der Waals surface area contributed by atoms with Crippen LogP contribution in [0.3, 0.4) is 0 Å². The first-order valence-corrected chi connectivity index (χ1v) is 16.7. The summed E-state index contributed by atoms with van der Waals surface area (Å²) in [4.78, 5) is 29.2. The summed E-state index contributed by atoms with van der Waals surface area (Å²) in [6.45, 7) is 0.842. The maximum atomic E-state index is 13.8. The fraction of sp³-hybridized carbons (Fsp3) is 0.278. The molecule has 11 heteroatoms. The fourth-order valence-corrected chi connectivity index (χ4v) is 7.15. The molecule has 1 aliphatic rings. The van der Waals surface area contributed by atoms with Crippen LogP contribution >= 0.6 is 0 Å². The first-order valence-electron chi connectivity index (χ1n) is 15.0. The van der Waals surface area contributed by atoms with E-state index in [1.54, 1.807) is 97.9 Å². The minimum absolute atomic E-state index is 0.0462. The highest BCUT2D eigenvalue weighted by Gasteiger charge is 2.32. The number of methoxy groups -OCH3 is 3. The van der Waals surface area contributed by atoms with Gasteiger partial charge in [-0.15, -0.1) is 0 Å². The lowest BCUT2D eigenvalue weighted by Crippen LogP contribution is -2.31. The lowest BCUT2D eigenvalue weighted by atomic mass is 10.0. The highest BCUT2D eigenvalue weighted by Crippen LogP contribution is 2.34. The smallest absolute Gasteiger partial charge is 0.261 e. The van der Waals surface area contributed by atoms with Gasteiger partial charge in [-0.25, -0.2) is 8.42 Å². The molecular weight excluding hydrogens is 620 g/mol. The summed E-state index contributed by atoms with van der Waals surface area (Å²) in [5.41, 5.74) is 2.75. The molecule has 1 heterocycles. The SMILES string of the molecule is COc1ccc(-c2cccc(C(=O)N(C)C)c2)cc1S(=O)(=O)Cc1cccc(O[C@H]2CCN(C(=O)c3c(OC)cccc3OC)C2)c1. The number of nitrogens with zero attached hydrogens (tertiary/aromatic N) is 2. The Hall–Kier alpha value is -5.03. The Morgan fingerprint density at radius 1 is 0.809 bits per heavy atom. The molecule has 246 valence electrons. The van der Waals surface area contributed by atoms with E-state index in [4.69, 9.17) is 18.9 Å². The van der Waals surface area contributed by atoms with E-state index in [-0.39, 0.29) is 34.3 Å². The van der Waals surface area contributed by atoms with E-state index < -0.39 is 9.84 Å². The minimum atomic E-state index is -3.87. The number of hydrogen-bond acceptors (Lipinski definition) is 8. The Morgan fingerprint density at radius 2 is 1.47 bits per heavy atom. The van der Waals surface area contributed by atoms with Gasteiger partial charge in [0.05, 0.1) is 33.6 Å². The van der Waals surface area contributed by atoms with Gasteiger partial charge in [-0.3, -0.25) is 9.59 Å². The van der Waals surface area contributed by atoms with Crippen molar-refractivity contribution < 1.29 is 37.0 Å². The Bertz CT molecular complexity index is 1870. The molecule has 1 saturated heterocycles. The summed E-state index contributed by atoms with van der Waals surface area (Å²) in [6, 6.07) is 24.2. The van der Waals surface area contributed by atoms with Crippen LogP contribution in [0.4, 0.5) is 0 Å². The molecule has 0 aliphatic carbocycles. The quantitative estimate of drug-likeness (QED) is 0.212. The van der Waals surface area contributed by atoms with Gasteiger partial charge >= 0.3 is 0 Å². The molecule has 0 saturated carbocycles. The van der Waals surface area contributed by atoms with Crippen LogP contribution in [0.2, 0.25) is 0 Å². The van der Waals surface area contributed by atoms with Crippen LogP contribution in [0.25, 0.3) is 11.1 Å². The number of carbonyl (C=O) groups excluding carboxylic acids is 2. The van der Waals surface area contributed by atoms with Crippen molar-refractivity contribution in [2.24, 2.45) is 0 Å². The van der Waals surface area contributed by atoms with Crippen molar-refractivity contribution in [2.75, 3.05) is 48.5 Å². The Kier molecular flexibility index (Phi) is 10.0. The van der Waals surface area contributed by atoms with Crippen molar-refractivity contribution in [3.8, 4) is 34.1 Å². The monoisotopic (exact) mass is 658 g/mol. The van der Waals surface area contributed by atoms with E-state index in [2.05, 4.69) is 0 Å². The molecule has 0 aromatic heterocycles. The molecule has 0 radical (unpaired) electrons. The summed E-state index contributed by atoms with van der Waals surface area (Å²) in [7, 11) is 3.94. The van der Waals surface area contributed by atoms with Crippen LogP contribution < -0.4 is 18.9 Å². The number of likely N-dealkylation sites (tertiary alicyclic amines) is 1. The second-order valence-electron chi connectivity index (χ2n) is 11.4. The van der Waals surface area contributed by atoms with Crippen LogP contribution in [0.5, 0.6) is 23.0 Å². The molecule has 4 aromatic rings. The molecule has 1 atom stereocenters. The predicted molar refractivity (Wildman–Crippen MR) is 178 cm³/mol. The van der Waals surface area contributed by atoms with Crippen LogP contribution in [0, 0.1) is 0 Å². The van der Waals surface area contributed by atoms with Crippen molar-refractivity contribution in [1.82, 2.24) is 9.80 Å². The highest BCUT2D eigenvalue weighted by molar-refractivity contribution is 7.90. The second kappa shape index (κ2) is 14.2. The van der Waals surface area contributed by atoms with Crippen LogP contribution in [-0.4, -0.2) is 84.7 Å². The van der Waals surface area contributed by atoms with Gasteiger partial charge in [-0.2, -0.15) is 0 Å². The number of benzene rings is 4. The molecule has 2 amide bonds. The van der Waals surface area contributed by atoms with Gasteiger partial charge in [0, 0.05) is 32.6 Å². The molecule has 10 nitrogen and oxygen atoms in total. The molecule has 1 aliphatic heterocycles. The molecule has 0 N–H and O–H groups in total. The highest BCUT2D eigenvalue weighted by atomic mass is 32.2. The van der Waals surface area contributed by atoms with E-state index >= 15 is 0 Å². The number of sulfone groups is 1. The fourth-order valence-electron chi connectivity index (χ4n) is 5.62. The van der Waals surface area contributed by atoms with Gasteiger partial charge in [-0.1, -0.05) is 36.4 Å². The molecule has 0 spiro atoms. The summed E-state index contributed by atoms with van der Waals surface area (Å²) in [5, 5.41) is 0. The molecule has 0 unspecified atom stereocenters. The minimum Gasteiger partial charge on any atom is -0.496 e. The Morgan fingerprint density at radius 3 is 2.15 bits per heavy atom. The summed E-state index contributed by atoms with van der Waals surface area (Å²) >= 11 is 0. The molecular formula is C36H38N2O8S. The van der Waals surface area contributed by atoms with E-state index in [1.165, 1.54) is 26.2 Å². The van der Waals surface area contributed by atoms with E-state index in [0.29, 0.717) is 64.6 Å². The number of rotatable bonds is 11. The van der Waals surface area contributed by atoms with Gasteiger partial charge in [0.2, 0.25) is 0 Å². The number of hydrogen-bond donors (Lipinski definition) is 0. The first-order chi connectivity index (χ1) is 22.5. The van der Waals surface area contributed by atoms with Crippen molar-refractivity contribution in [3.05, 3.63) is 102 Å². The zero-order valence-corrected chi connectivity index (χ0v) is 27.9. The average Bonchev–Trinajstić information content (AvgIpc) is 3.55. The summed E-state index contributed by atoms with van der Waals surface area (Å²) < 4.78 is 50.1. The maximum absolute atomic E-state index is 13.8. The number of ether oxygens (including phenoxy) is 4. The van der Waals surface area contributed by atoms with Gasteiger partial charge in [-0.05, 0) is 65.2 Å². The maximum Gasteiger partial charge on any atom is 0.261 e. The van der Waals surface area contributed by atoms with Crippen LogP contribution in [0.15, 0.2) is 89.8 Å². The zero-order valence-electron chi connectivity index (χ0n) is 27.1. The van der Waals surface area contributed by atoms with Crippen molar-refractivity contribution in [3.63, 3.8) is 0 Å². The number of amides is 2. The zero-order chi connectivity index (χ0) is 33.7. The third-order valence-electron chi connectivity index (χ3n) is 7.98. The second-order valence-corrected chi connectivity index (χ2v) is 13.3. The Balaban J connectivity index is 1.32. The summed E-state index contributed by atoms with van der Waals surface area (Å²) in [5.74, 6) is 0.956. The van der Waals surface area contributed by atoms with E-state index in [0.717, 1.165) is 0 Å². The largest absolute Gasteiger partial charge is 0.496 e. The van der Waals surface area contributed by atoms with Gasteiger partial charge in [0.25, 0.3) is 11.8 Å². The third kappa shape index (κ3) is 7.36. The lowest BCUT2D eigenvalue weighted by molar-refractivity contribution is 0.0764. The van der Waals surface area contributed by atoms with Gasteiger partial charge in [0.1, 0.15) is 39.6 Å². The molecule has 1 fully saturated rings. The molecule has 4 aromatic carbocycles. The third-order valence-corrected chi connectivity index (χ3v) is 9.68. The van der Waals surface area contributed by atoms with Gasteiger partial charge < -0.3 is 28.7 Å². The standard InChI is InChI=1S/C36H38N2O8S/c1-37(2)35(39)27-11-7-10-25(20-27)26-15-16-30(43-3)33(21-26)47(41,42)23-24-9-6-12-28(19-24)46-29-17-18-38(22-29)36(40)34-31(44-4)13-8-14-32(34)45-5/h6-16,19-21,29H,17-18,22-23H2,1-5H3/t29-/m0/s1.